The van der Waals surface area contributed by atoms with Gasteiger partial charge >= 0.3 is 0 Å². The molecule has 0 aliphatic carbocycles. The Kier molecular flexibility index (Phi) is 6.45. The number of aromatic nitrogens is 2. The molecule has 1 aromatic heterocycles. The van der Waals surface area contributed by atoms with Crippen LogP contribution in [-0.2, 0) is 13.2 Å². The van der Waals surface area contributed by atoms with Crippen LogP contribution < -0.4 is 9.47 Å². The molecule has 4 heteroatoms. The standard InChI is InChI=1S/C27H32N2O2/c1-19(2)13-14-30-24-11-12-25-26(16-24)29(17-20(3)4)27(28-25)18-31-23-10-9-21-7-5-6-8-22(21)15-23/h5-12,15-16,19-20H,13-14,17-18H2,1-4H3. The lowest BCUT2D eigenvalue weighted by Crippen LogP contribution is -2.11. The molecule has 0 fully saturated rings. The van der Waals surface area contributed by atoms with Crippen LogP contribution in [0.5, 0.6) is 11.5 Å². The van der Waals surface area contributed by atoms with Gasteiger partial charge in [0.15, 0.2) is 0 Å². The number of benzene rings is 3. The maximum Gasteiger partial charge on any atom is 0.148 e. The lowest BCUT2D eigenvalue weighted by Gasteiger charge is -2.13. The van der Waals surface area contributed by atoms with E-state index >= 15 is 0 Å². The zero-order valence-electron chi connectivity index (χ0n) is 19.0. The van der Waals surface area contributed by atoms with Crippen LogP contribution in [0.1, 0.15) is 39.9 Å². The minimum absolute atomic E-state index is 0.434. The van der Waals surface area contributed by atoms with Crippen molar-refractivity contribution in [3.8, 4) is 11.5 Å². The van der Waals surface area contributed by atoms with Gasteiger partial charge in [-0.05, 0) is 53.3 Å². The van der Waals surface area contributed by atoms with Gasteiger partial charge in [0.05, 0.1) is 17.6 Å². The van der Waals surface area contributed by atoms with Crippen LogP contribution in [-0.4, -0.2) is 16.2 Å². The van der Waals surface area contributed by atoms with Crippen molar-refractivity contribution >= 4 is 21.8 Å². The van der Waals surface area contributed by atoms with E-state index in [0.717, 1.165) is 47.9 Å². The highest BCUT2D eigenvalue weighted by atomic mass is 16.5. The smallest absolute Gasteiger partial charge is 0.148 e. The Morgan fingerprint density at radius 1 is 0.806 bits per heavy atom. The summed E-state index contributed by atoms with van der Waals surface area (Å²) in [7, 11) is 0. The number of fused-ring (bicyclic) bond motifs is 2. The Bertz CT molecular complexity index is 1160. The molecule has 0 atom stereocenters. The van der Waals surface area contributed by atoms with Crippen molar-refractivity contribution in [2.45, 2.75) is 47.3 Å². The summed E-state index contributed by atoms with van der Waals surface area (Å²) in [5.41, 5.74) is 2.09. The normalized spacial score (nSPS) is 11.7. The minimum atomic E-state index is 0.434. The summed E-state index contributed by atoms with van der Waals surface area (Å²) in [6.07, 6.45) is 1.05. The molecular formula is C27H32N2O2. The van der Waals surface area contributed by atoms with Crippen molar-refractivity contribution < 1.29 is 9.47 Å². The minimum Gasteiger partial charge on any atom is -0.494 e. The highest BCUT2D eigenvalue weighted by Gasteiger charge is 2.14. The summed E-state index contributed by atoms with van der Waals surface area (Å²) in [5, 5.41) is 2.39. The largest absolute Gasteiger partial charge is 0.494 e. The van der Waals surface area contributed by atoms with Gasteiger partial charge in [-0.1, -0.05) is 58.0 Å². The van der Waals surface area contributed by atoms with Gasteiger partial charge in [0, 0.05) is 12.6 Å². The van der Waals surface area contributed by atoms with E-state index in [2.05, 4.69) is 80.8 Å². The molecule has 4 nitrogen and oxygen atoms in total. The SMILES string of the molecule is CC(C)CCOc1ccc2nc(COc3ccc4ccccc4c3)n(CC(C)C)c2c1. The summed E-state index contributed by atoms with van der Waals surface area (Å²) in [6, 6.07) is 20.7. The lowest BCUT2D eigenvalue weighted by atomic mass is 10.1. The molecule has 0 aliphatic heterocycles. The quantitative estimate of drug-likeness (QED) is 0.299. The third-order valence-corrected chi connectivity index (χ3v) is 5.40. The molecule has 4 aromatic rings. The maximum absolute atomic E-state index is 6.16. The fourth-order valence-electron chi connectivity index (χ4n) is 3.74. The Balaban J connectivity index is 1.57. The second-order valence-electron chi connectivity index (χ2n) is 9.01. The highest BCUT2D eigenvalue weighted by Crippen LogP contribution is 2.26. The van der Waals surface area contributed by atoms with E-state index < -0.39 is 0 Å². The van der Waals surface area contributed by atoms with Crippen LogP contribution in [0.3, 0.4) is 0 Å². The number of hydrogen-bond acceptors (Lipinski definition) is 3. The number of ether oxygens (including phenoxy) is 2. The molecule has 0 N–H and O–H groups in total. The average Bonchev–Trinajstić information content (AvgIpc) is 3.08. The molecule has 0 spiro atoms. The predicted molar refractivity (Wildman–Crippen MR) is 128 cm³/mol. The molecule has 0 saturated heterocycles. The fourth-order valence-corrected chi connectivity index (χ4v) is 3.74. The summed E-state index contributed by atoms with van der Waals surface area (Å²) in [5.74, 6) is 3.84. The van der Waals surface area contributed by atoms with E-state index in [1.54, 1.807) is 0 Å². The van der Waals surface area contributed by atoms with Crippen LogP contribution in [0.4, 0.5) is 0 Å². The molecule has 0 unspecified atom stereocenters. The van der Waals surface area contributed by atoms with E-state index in [9.17, 15) is 0 Å². The molecule has 31 heavy (non-hydrogen) atoms. The van der Waals surface area contributed by atoms with Crippen LogP contribution in [0.15, 0.2) is 60.7 Å². The van der Waals surface area contributed by atoms with E-state index in [-0.39, 0.29) is 0 Å². The van der Waals surface area contributed by atoms with Crippen LogP contribution in [0, 0.1) is 11.8 Å². The van der Waals surface area contributed by atoms with Crippen molar-refractivity contribution in [1.82, 2.24) is 9.55 Å². The third-order valence-electron chi connectivity index (χ3n) is 5.40. The number of hydrogen-bond donors (Lipinski definition) is 0. The molecule has 0 amide bonds. The first kappa shape index (κ1) is 21.2. The van der Waals surface area contributed by atoms with Crippen LogP contribution in [0.2, 0.25) is 0 Å². The Hall–Kier alpha value is -3.01. The first-order chi connectivity index (χ1) is 15.0. The zero-order chi connectivity index (χ0) is 21.8. The summed E-state index contributed by atoms with van der Waals surface area (Å²) in [6.45, 7) is 10.9. The first-order valence-corrected chi connectivity index (χ1v) is 11.2. The molecular weight excluding hydrogens is 384 g/mol. The van der Waals surface area contributed by atoms with Crippen LogP contribution >= 0.6 is 0 Å². The van der Waals surface area contributed by atoms with E-state index in [0.29, 0.717) is 18.4 Å². The van der Waals surface area contributed by atoms with E-state index in [1.165, 1.54) is 10.8 Å². The van der Waals surface area contributed by atoms with Gasteiger partial charge in [0.2, 0.25) is 0 Å². The average molecular weight is 417 g/mol. The van der Waals surface area contributed by atoms with Crippen molar-refractivity contribution in [2.24, 2.45) is 11.8 Å². The number of rotatable bonds is 9. The molecule has 0 aliphatic rings. The lowest BCUT2D eigenvalue weighted by molar-refractivity contribution is 0.287. The highest BCUT2D eigenvalue weighted by molar-refractivity contribution is 5.83. The van der Waals surface area contributed by atoms with E-state index in [1.807, 2.05) is 12.1 Å². The molecule has 0 saturated carbocycles. The van der Waals surface area contributed by atoms with Gasteiger partial charge in [-0.15, -0.1) is 0 Å². The fraction of sp³-hybridized carbons (Fsp3) is 0.370. The molecule has 4 rings (SSSR count). The van der Waals surface area contributed by atoms with Gasteiger partial charge in [-0.2, -0.15) is 0 Å². The second kappa shape index (κ2) is 9.42. The van der Waals surface area contributed by atoms with Gasteiger partial charge in [-0.3, -0.25) is 0 Å². The number of imidazole rings is 1. The monoisotopic (exact) mass is 416 g/mol. The molecule has 0 radical (unpaired) electrons. The Morgan fingerprint density at radius 2 is 1.55 bits per heavy atom. The summed E-state index contributed by atoms with van der Waals surface area (Å²) >= 11 is 0. The first-order valence-electron chi connectivity index (χ1n) is 11.2. The Morgan fingerprint density at radius 3 is 2.32 bits per heavy atom. The maximum atomic E-state index is 6.16. The van der Waals surface area contributed by atoms with Gasteiger partial charge in [0.1, 0.15) is 23.9 Å². The topological polar surface area (TPSA) is 36.3 Å². The molecule has 3 aromatic carbocycles. The van der Waals surface area contributed by atoms with Gasteiger partial charge in [0.25, 0.3) is 0 Å². The van der Waals surface area contributed by atoms with Gasteiger partial charge in [-0.25, -0.2) is 4.98 Å². The van der Waals surface area contributed by atoms with Gasteiger partial charge < -0.3 is 14.0 Å². The summed E-state index contributed by atoms with van der Waals surface area (Å²) < 4.78 is 14.4. The van der Waals surface area contributed by atoms with Crippen molar-refractivity contribution in [1.29, 1.82) is 0 Å². The van der Waals surface area contributed by atoms with E-state index in [4.69, 9.17) is 14.5 Å². The number of nitrogens with zero attached hydrogens (tertiary/aromatic N) is 2. The molecule has 1 heterocycles. The molecule has 162 valence electrons. The van der Waals surface area contributed by atoms with Crippen molar-refractivity contribution in [3.05, 3.63) is 66.5 Å². The summed E-state index contributed by atoms with van der Waals surface area (Å²) in [4.78, 5) is 4.88. The van der Waals surface area contributed by atoms with Crippen molar-refractivity contribution in [2.75, 3.05) is 6.61 Å². The second-order valence-corrected chi connectivity index (χ2v) is 9.01. The van der Waals surface area contributed by atoms with Crippen LogP contribution in [0.25, 0.3) is 21.8 Å². The van der Waals surface area contributed by atoms with Crippen molar-refractivity contribution in [3.63, 3.8) is 0 Å². The third kappa shape index (κ3) is 5.19. The zero-order valence-corrected chi connectivity index (χ0v) is 19.0. The molecule has 0 bridgehead atoms. The predicted octanol–water partition coefficient (Wildman–Crippen LogP) is 6.85. The Labute approximate surface area is 184 Å².